The SMILES string of the molecule is O=C(Nc1cccc(F)c1)c1cccc(-c2nc(NC(P(=O)(O)O)P(=O)(O)O)c3ccsc3n2)c1. The largest absolute Gasteiger partial charge is 0.360 e. The first-order valence-corrected chi connectivity index (χ1v) is 14.0. The van der Waals surface area contributed by atoms with Crippen molar-refractivity contribution in [2.24, 2.45) is 0 Å². The molecule has 0 saturated heterocycles. The van der Waals surface area contributed by atoms with Crippen molar-refractivity contribution < 1.29 is 37.9 Å². The Balaban J connectivity index is 1.71. The molecule has 0 unspecified atom stereocenters. The van der Waals surface area contributed by atoms with Crippen molar-refractivity contribution in [1.29, 1.82) is 0 Å². The molecule has 0 spiro atoms. The van der Waals surface area contributed by atoms with E-state index in [-0.39, 0.29) is 22.9 Å². The summed E-state index contributed by atoms with van der Waals surface area (Å²) in [5.74, 6) is -1.20. The third-order valence-electron chi connectivity index (χ3n) is 4.69. The van der Waals surface area contributed by atoms with Gasteiger partial charge in [-0.25, -0.2) is 14.4 Å². The molecule has 0 aliphatic rings. The highest BCUT2D eigenvalue weighted by atomic mass is 32.1. The predicted molar refractivity (Wildman–Crippen MR) is 129 cm³/mol. The first kappa shape index (κ1) is 25.1. The zero-order valence-electron chi connectivity index (χ0n) is 17.4. The van der Waals surface area contributed by atoms with Crippen LogP contribution in [0, 0.1) is 5.82 Å². The molecule has 0 aliphatic carbocycles. The second-order valence-electron chi connectivity index (χ2n) is 7.28. The Morgan fingerprint density at radius 2 is 1.69 bits per heavy atom. The van der Waals surface area contributed by atoms with Crippen molar-refractivity contribution in [3.8, 4) is 11.4 Å². The monoisotopic (exact) mass is 538 g/mol. The van der Waals surface area contributed by atoms with Gasteiger partial charge in [0.1, 0.15) is 16.5 Å². The van der Waals surface area contributed by atoms with Gasteiger partial charge in [-0.3, -0.25) is 13.9 Å². The van der Waals surface area contributed by atoms with Crippen LogP contribution >= 0.6 is 26.5 Å². The van der Waals surface area contributed by atoms with Crippen molar-refractivity contribution in [1.82, 2.24) is 9.97 Å². The highest BCUT2D eigenvalue weighted by Gasteiger charge is 2.44. The molecule has 35 heavy (non-hydrogen) atoms. The fourth-order valence-electron chi connectivity index (χ4n) is 3.15. The summed E-state index contributed by atoms with van der Waals surface area (Å²) < 4.78 is 36.9. The minimum atomic E-state index is -5.28. The van der Waals surface area contributed by atoms with Crippen LogP contribution in [0.2, 0.25) is 0 Å². The summed E-state index contributed by atoms with van der Waals surface area (Å²) in [5.41, 5.74) is -1.72. The zero-order chi connectivity index (χ0) is 25.4. The normalized spacial score (nSPS) is 12.2. The number of anilines is 2. The van der Waals surface area contributed by atoms with Crippen LogP contribution in [0.3, 0.4) is 0 Å². The van der Waals surface area contributed by atoms with E-state index >= 15 is 0 Å². The molecule has 1 amide bonds. The number of amides is 1. The van der Waals surface area contributed by atoms with Gasteiger partial charge in [0.25, 0.3) is 5.91 Å². The Hall–Kier alpha value is -3.02. The van der Waals surface area contributed by atoms with E-state index in [1.165, 1.54) is 47.7 Å². The maximum atomic E-state index is 13.4. The van der Waals surface area contributed by atoms with Crippen molar-refractivity contribution in [2.75, 3.05) is 10.6 Å². The summed E-state index contributed by atoms with van der Waals surface area (Å²) in [4.78, 5) is 59.5. The van der Waals surface area contributed by atoms with Gasteiger partial charge in [-0.1, -0.05) is 18.2 Å². The summed E-state index contributed by atoms with van der Waals surface area (Å²) >= 11 is 1.17. The maximum absolute atomic E-state index is 13.4. The van der Waals surface area contributed by atoms with Gasteiger partial charge in [0.15, 0.2) is 5.82 Å². The number of nitrogens with zero attached hydrogens (tertiary/aromatic N) is 2. The summed E-state index contributed by atoms with van der Waals surface area (Å²) in [6.45, 7) is 0. The highest BCUT2D eigenvalue weighted by Crippen LogP contribution is 2.59. The summed E-state index contributed by atoms with van der Waals surface area (Å²) in [6.07, 6.45) is 0. The Labute approximate surface area is 201 Å². The van der Waals surface area contributed by atoms with E-state index in [4.69, 9.17) is 0 Å². The van der Waals surface area contributed by atoms with Gasteiger partial charge < -0.3 is 30.2 Å². The van der Waals surface area contributed by atoms with Gasteiger partial charge in [-0.2, -0.15) is 0 Å². The zero-order valence-corrected chi connectivity index (χ0v) is 20.0. The number of benzene rings is 2. The molecule has 11 nitrogen and oxygen atoms in total. The molecule has 0 saturated carbocycles. The predicted octanol–water partition coefficient (Wildman–Crippen LogP) is 3.80. The molecule has 0 fully saturated rings. The fraction of sp³-hybridized carbons (Fsp3) is 0.0500. The van der Waals surface area contributed by atoms with E-state index in [1.54, 1.807) is 17.5 Å². The third-order valence-corrected chi connectivity index (χ3v) is 8.84. The van der Waals surface area contributed by atoms with Crippen LogP contribution in [-0.2, 0) is 9.13 Å². The lowest BCUT2D eigenvalue weighted by Crippen LogP contribution is -2.21. The number of hydrogen-bond donors (Lipinski definition) is 6. The molecule has 2 heterocycles. The third kappa shape index (κ3) is 5.80. The number of hydrogen-bond acceptors (Lipinski definition) is 7. The van der Waals surface area contributed by atoms with E-state index in [0.717, 1.165) is 6.07 Å². The topological polar surface area (TPSA) is 182 Å². The van der Waals surface area contributed by atoms with Crippen molar-refractivity contribution in [2.45, 2.75) is 5.52 Å². The van der Waals surface area contributed by atoms with Gasteiger partial charge in [-0.15, -0.1) is 11.3 Å². The van der Waals surface area contributed by atoms with Crippen LogP contribution in [0.5, 0.6) is 0 Å². The quantitative estimate of drug-likeness (QED) is 0.189. The Kier molecular flexibility index (Phi) is 6.85. The first-order chi connectivity index (χ1) is 16.4. The van der Waals surface area contributed by atoms with Gasteiger partial charge >= 0.3 is 15.2 Å². The molecular formula is C20H17FN4O7P2S. The molecule has 4 rings (SSSR count). The molecule has 0 aliphatic heterocycles. The van der Waals surface area contributed by atoms with Gasteiger partial charge in [0, 0.05) is 16.8 Å². The fourth-order valence-corrected chi connectivity index (χ4v) is 6.06. The summed E-state index contributed by atoms with van der Waals surface area (Å²) in [6, 6.07) is 13.0. The molecule has 0 bridgehead atoms. The number of nitrogens with one attached hydrogen (secondary N) is 2. The molecule has 4 aromatic rings. The number of carbonyl (C=O) groups is 1. The first-order valence-electron chi connectivity index (χ1n) is 9.71. The minimum Gasteiger partial charge on any atom is -0.346 e. The number of aromatic nitrogens is 2. The Morgan fingerprint density at radius 1 is 0.971 bits per heavy atom. The molecule has 0 radical (unpaired) electrons. The summed E-state index contributed by atoms with van der Waals surface area (Å²) in [7, 11) is -10.6. The number of fused-ring (bicyclic) bond motifs is 1. The Bertz CT molecular complexity index is 1500. The molecule has 15 heteroatoms. The minimum absolute atomic E-state index is 0.0398. The van der Waals surface area contributed by atoms with Crippen molar-refractivity contribution in [3.63, 3.8) is 0 Å². The van der Waals surface area contributed by atoms with Crippen LogP contribution in [0.4, 0.5) is 15.9 Å². The average Bonchev–Trinajstić information content (AvgIpc) is 3.25. The number of thiophene rings is 1. The van der Waals surface area contributed by atoms with E-state index < -0.39 is 32.4 Å². The van der Waals surface area contributed by atoms with Gasteiger partial charge in [0.2, 0.25) is 5.52 Å². The molecule has 2 aromatic carbocycles. The molecular weight excluding hydrogens is 521 g/mol. The number of carbonyl (C=O) groups excluding carboxylic acids is 1. The number of halogens is 1. The molecule has 182 valence electrons. The lowest BCUT2D eigenvalue weighted by molar-refractivity contribution is 0.102. The maximum Gasteiger partial charge on any atom is 0.360 e. The van der Waals surface area contributed by atoms with E-state index in [2.05, 4.69) is 20.6 Å². The van der Waals surface area contributed by atoms with Crippen LogP contribution in [0.15, 0.2) is 60.0 Å². The van der Waals surface area contributed by atoms with E-state index in [0.29, 0.717) is 15.8 Å². The Morgan fingerprint density at radius 3 is 2.37 bits per heavy atom. The molecule has 0 atom stereocenters. The number of rotatable bonds is 7. The van der Waals surface area contributed by atoms with Crippen LogP contribution < -0.4 is 10.6 Å². The van der Waals surface area contributed by atoms with Gasteiger partial charge in [-0.05, 0) is 41.8 Å². The van der Waals surface area contributed by atoms with Crippen molar-refractivity contribution >= 4 is 54.2 Å². The average molecular weight is 538 g/mol. The highest BCUT2D eigenvalue weighted by molar-refractivity contribution is 7.71. The molecule has 6 N–H and O–H groups in total. The second-order valence-corrected chi connectivity index (χ2v) is 12.0. The van der Waals surface area contributed by atoms with Crippen LogP contribution in [0.25, 0.3) is 21.6 Å². The van der Waals surface area contributed by atoms with E-state index in [9.17, 15) is 37.9 Å². The van der Waals surface area contributed by atoms with Crippen LogP contribution in [-0.4, -0.2) is 41.0 Å². The van der Waals surface area contributed by atoms with Gasteiger partial charge in [0.05, 0.1) is 5.39 Å². The lowest BCUT2D eigenvalue weighted by atomic mass is 10.1. The second kappa shape index (κ2) is 9.56. The molecule has 2 aromatic heterocycles. The van der Waals surface area contributed by atoms with Crippen LogP contribution in [0.1, 0.15) is 10.4 Å². The standard InChI is InChI=1S/C20H17FN4O7P2S/c21-13-5-2-6-14(10-13)22-18(26)12-4-1-3-11(9-12)16-23-17(15-7-8-35-19(15)24-16)25-20(33(27,28)29)34(30,31)32/h1-10,20H,(H,22,26)(H,23,24,25)(H2,27,28,29)(H2,30,31,32). The lowest BCUT2D eigenvalue weighted by Gasteiger charge is -2.21. The summed E-state index contributed by atoms with van der Waals surface area (Å²) in [5, 5.41) is 6.68. The smallest absolute Gasteiger partial charge is 0.346 e. The van der Waals surface area contributed by atoms with E-state index in [1.807, 2.05) is 0 Å². The van der Waals surface area contributed by atoms with Crippen molar-refractivity contribution in [3.05, 3.63) is 71.4 Å².